The third-order valence-corrected chi connectivity index (χ3v) is 3.90. The van der Waals surface area contributed by atoms with Crippen molar-refractivity contribution in [2.24, 2.45) is 0 Å². The van der Waals surface area contributed by atoms with Crippen LogP contribution in [-0.2, 0) is 6.54 Å². The molecule has 1 aliphatic heterocycles. The number of nitrogens with zero attached hydrogens (tertiary/aromatic N) is 4. The fraction of sp³-hybridized carbons (Fsp3) is 0.857. The second-order valence-electron chi connectivity index (χ2n) is 5.89. The van der Waals surface area contributed by atoms with E-state index >= 15 is 0 Å². The first-order valence-corrected chi connectivity index (χ1v) is 7.47. The van der Waals surface area contributed by atoms with Gasteiger partial charge in [-0.05, 0) is 27.2 Å². The van der Waals surface area contributed by atoms with Crippen LogP contribution in [0.4, 0.5) is 0 Å². The summed E-state index contributed by atoms with van der Waals surface area (Å²) < 4.78 is 2.03. The quantitative estimate of drug-likeness (QED) is 0.882. The van der Waals surface area contributed by atoms with Crippen LogP contribution in [0.1, 0.15) is 52.4 Å². The van der Waals surface area contributed by atoms with Gasteiger partial charge in [0.25, 0.3) is 0 Å². The first-order chi connectivity index (χ1) is 9.11. The second-order valence-corrected chi connectivity index (χ2v) is 5.89. The van der Waals surface area contributed by atoms with E-state index in [1.165, 1.54) is 12.8 Å². The van der Waals surface area contributed by atoms with E-state index in [0.717, 1.165) is 25.5 Å². The molecule has 2 unspecified atom stereocenters. The first kappa shape index (κ1) is 14.5. The monoisotopic (exact) mass is 265 g/mol. The minimum atomic E-state index is 0.377. The lowest BCUT2D eigenvalue weighted by molar-refractivity contribution is 0.124. The van der Waals surface area contributed by atoms with Crippen LogP contribution in [0.2, 0.25) is 0 Å². The molecule has 1 fully saturated rings. The number of hydrogen-bond donors (Lipinski definition) is 1. The number of aromatic nitrogens is 3. The first-order valence-electron chi connectivity index (χ1n) is 7.47. The molecule has 2 heterocycles. The summed E-state index contributed by atoms with van der Waals surface area (Å²) >= 11 is 0. The highest BCUT2D eigenvalue weighted by Crippen LogP contribution is 2.15. The zero-order valence-corrected chi connectivity index (χ0v) is 12.6. The van der Waals surface area contributed by atoms with Crippen LogP contribution in [0.15, 0.2) is 6.33 Å². The summed E-state index contributed by atoms with van der Waals surface area (Å²) in [5.41, 5.74) is 0. The molecule has 19 heavy (non-hydrogen) atoms. The van der Waals surface area contributed by atoms with Gasteiger partial charge in [-0.25, -0.2) is 9.67 Å². The van der Waals surface area contributed by atoms with Crippen LogP contribution in [0.3, 0.4) is 0 Å². The Morgan fingerprint density at radius 1 is 1.47 bits per heavy atom. The highest BCUT2D eigenvalue weighted by atomic mass is 15.4. The van der Waals surface area contributed by atoms with Crippen molar-refractivity contribution in [1.29, 1.82) is 0 Å². The minimum Gasteiger partial charge on any atom is -0.311 e. The summed E-state index contributed by atoms with van der Waals surface area (Å²) in [6.45, 7) is 11.9. The maximum atomic E-state index is 4.43. The van der Waals surface area contributed by atoms with E-state index in [4.69, 9.17) is 0 Å². The lowest BCUT2D eigenvalue weighted by Crippen LogP contribution is -2.55. The second kappa shape index (κ2) is 6.48. The zero-order chi connectivity index (χ0) is 13.8. The Labute approximate surface area is 116 Å². The molecule has 0 spiro atoms. The number of nitrogens with one attached hydrogen (secondary N) is 1. The maximum absolute atomic E-state index is 4.43. The Bertz CT molecular complexity index is 387. The largest absolute Gasteiger partial charge is 0.311 e. The third kappa shape index (κ3) is 3.54. The Kier molecular flexibility index (Phi) is 4.93. The molecule has 0 bridgehead atoms. The fourth-order valence-corrected chi connectivity index (χ4v) is 2.76. The summed E-state index contributed by atoms with van der Waals surface area (Å²) in [5.74, 6) is 1.08. The van der Waals surface area contributed by atoms with Gasteiger partial charge >= 0.3 is 0 Å². The van der Waals surface area contributed by atoms with Crippen LogP contribution in [0.5, 0.6) is 0 Å². The minimum absolute atomic E-state index is 0.377. The molecule has 2 rings (SSSR count). The van der Waals surface area contributed by atoms with Gasteiger partial charge in [0.05, 0.1) is 6.54 Å². The van der Waals surface area contributed by atoms with E-state index < -0.39 is 0 Å². The summed E-state index contributed by atoms with van der Waals surface area (Å²) in [6.07, 6.45) is 4.16. The lowest BCUT2D eigenvalue weighted by atomic mass is 10.1. The zero-order valence-electron chi connectivity index (χ0n) is 12.6. The summed E-state index contributed by atoms with van der Waals surface area (Å²) in [7, 11) is 0. The average molecular weight is 265 g/mol. The van der Waals surface area contributed by atoms with Gasteiger partial charge in [-0.15, -0.1) is 0 Å². The molecule has 5 heteroatoms. The van der Waals surface area contributed by atoms with Crippen molar-refractivity contribution in [1.82, 2.24) is 25.0 Å². The molecule has 0 aliphatic carbocycles. The Morgan fingerprint density at radius 2 is 2.26 bits per heavy atom. The molecule has 1 saturated heterocycles. The van der Waals surface area contributed by atoms with Gasteiger partial charge in [0, 0.05) is 31.2 Å². The van der Waals surface area contributed by atoms with Crippen LogP contribution in [-0.4, -0.2) is 44.8 Å². The number of piperazine rings is 1. The molecule has 1 aliphatic rings. The molecule has 1 N–H and O–H groups in total. The van der Waals surface area contributed by atoms with Crippen molar-refractivity contribution < 1.29 is 0 Å². The Morgan fingerprint density at radius 3 is 2.95 bits per heavy atom. The van der Waals surface area contributed by atoms with Crippen LogP contribution in [0.25, 0.3) is 0 Å². The van der Waals surface area contributed by atoms with Crippen molar-refractivity contribution in [3.8, 4) is 0 Å². The van der Waals surface area contributed by atoms with Gasteiger partial charge in [-0.3, -0.25) is 4.90 Å². The van der Waals surface area contributed by atoms with Gasteiger partial charge in [0.1, 0.15) is 12.2 Å². The van der Waals surface area contributed by atoms with Crippen molar-refractivity contribution >= 4 is 0 Å². The van der Waals surface area contributed by atoms with E-state index in [9.17, 15) is 0 Å². The smallest absolute Gasteiger partial charge is 0.141 e. The van der Waals surface area contributed by atoms with Crippen molar-refractivity contribution in [3.05, 3.63) is 12.2 Å². The SMILES string of the molecule is CCCC1CN(Cc2ncnn2C(C)C)C(C)CN1. The van der Waals surface area contributed by atoms with Crippen molar-refractivity contribution in [3.63, 3.8) is 0 Å². The molecule has 0 amide bonds. The highest BCUT2D eigenvalue weighted by Gasteiger charge is 2.25. The summed E-state index contributed by atoms with van der Waals surface area (Å²) in [4.78, 5) is 6.95. The lowest BCUT2D eigenvalue weighted by Gasteiger charge is -2.38. The van der Waals surface area contributed by atoms with Gasteiger partial charge in [-0.2, -0.15) is 5.10 Å². The average Bonchev–Trinajstić information content (AvgIpc) is 2.82. The molecule has 0 aromatic carbocycles. The number of rotatable bonds is 5. The van der Waals surface area contributed by atoms with E-state index in [1.807, 2.05) is 4.68 Å². The van der Waals surface area contributed by atoms with Crippen molar-refractivity contribution in [2.75, 3.05) is 13.1 Å². The standard InChI is InChI=1S/C14H27N5/c1-5-6-13-8-18(12(4)7-15-13)9-14-16-10-17-19(14)11(2)3/h10-13,15H,5-9H2,1-4H3. The van der Waals surface area contributed by atoms with E-state index in [2.05, 4.69) is 48.0 Å². The fourth-order valence-electron chi connectivity index (χ4n) is 2.76. The predicted octanol–water partition coefficient (Wildman–Crippen LogP) is 1.82. The highest BCUT2D eigenvalue weighted by molar-refractivity contribution is 4.91. The molecule has 1 aromatic heterocycles. The molecular weight excluding hydrogens is 238 g/mol. The molecule has 0 radical (unpaired) electrons. The molecule has 108 valence electrons. The van der Waals surface area contributed by atoms with Crippen LogP contribution >= 0.6 is 0 Å². The maximum Gasteiger partial charge on any atom is 0.141 e. The molecule has 0 saturated carbocycles. The van der Waals surface area contributed by atoms with Gasteiger partial charge < -0.3 is 5.32 Å². The predicted molar refractivity (Wildman–Crippen MR) is 77.0 cm³/mol. The summed E-state index contributed by atoms with van der Waals surface area (Å²) in [5, 5.41) is 7.96. The normalized spacial score (nSPS) is 25.1. The van der Waals surface area contributed by atoms with Gasteiger partial charge in [-0.1, -0.05) is 13.3 Å². The third-order valence-electron chi connectivity index (χ3n) is 3.90. The molecule has 5 nitrogen and oxygen atoms in total. The van der Waals surface area contributed by atoms with E-state index in [1.54, 1.807) is 6.33 Å². The Hall–Kier alpha value is -0.940. The summed E-state index contributed by atoms with van der Waals surface area (Å²) in [6, 6.07) is 1.56. The van der Waals surface area contributed by atoms with Crippen molar-refractivity contribution in [2.45, 2.75) is 65.2 Å². The topological polar surface area (TPSA) is 46.0 Å². The molecule has 1 aromatic rings. The van der Waals surface area contributed by atoms with Crippen LogP contribution < -0.4 is 5.32 Å². The van der Waals surface area contributed by atoms with Gasteiger partial charge in [0.15, 0.2) is 0 Å². The molecular formula is C14H27N5. The van der Waals surface area contributed by atoms with E-state index in [-0.39, 0.29) is 0 Å². The van der Waals surface area contributed by atoms with Crippen LogP contribution in [0, 0.1) is 0 Å². The van der Waals surface area contributed by atoms with Gasteiger partial charge in [0.2, 0.25) is 0 Å². The Balaban J connectivity index is 2.01. The molecule has 2 atom stereocenters. The van der Waals surface area contributed by atoms with E-state index in [0.29, 0.717) is 18.1 Å². The number of hydrogen-bond acceptors (Lipinski definition) is 4.